The van der Waals surface area contributed by atoms with E-state index in [2.05, 4.69) is 27.6 Å². The Labute approximate surface area is 149 Å². The van der Waals surface area contributed by atoms with Crippen LogP contribution in [0.25, 0.3) is 11.3 Å². The van der Waals surface area contributed by atoms with Gasteiger partial charge in [-0.3, -0.25) is 9.58 Å². The van der Waals surface area contributed by atoms with Crippen LogP contribution in [-0.4, -0.2) is 46.4 Å². The van der Waals surface area contributed by atoms with Crippen LogP contribution in [0.5, 0.6) is 0 Å². The van der Waals surface area contributed by atoms with Crippen molar-refractivity contribution in [2.24, 2.45) is 7.05 Å². The number of anilines is 1. The molecule has 0 saturated carbocycles. The molecular weight excluding hydrogens is 314 g/mol. The molecule has 6 nitrogen and oxygen atoms in total. The van der Waals surface area contributed by atoms with Crippen LogP contribution in [0, 0.1) is 0 Å². The van der Waals surface area contributed by atoms with Gasteiger partial charge in [0.25, 0.3) is 0 Å². The van der Waals surface area contributed by atoms with Crippen molar-refractivity contribution >= 4 is 11.7 Å². The number of rotatable bonds is 5. The van der Waals surface area contributed by atoms with Crippen LogP contribution >= 0.6 is 0 Å². The smallest absolute Gasteiger partial charge is 0.319 e. The van der Waals surface area contributed by atoms with Crippen LogP contribution in [0.4, 0.5) is 10.5 Å². The molecule has 1 aromatic heterocycles. The Balaban J connectivity index is 1.55. The molecule has 1 saturated heterocycles. The molecule has 1 unspecified atom stereocenters. The Morgan fingerprint density at radius 1 is 1.28 bits per heavy atom. The Kier molecular flexibility index (Phi) is 5.71. The lowest BCUT2D eigenvalue weighted by atomic mass is 10.0. The van der Waals surface area contributed by atoms with E-state index < -0.39 is 0 Å². The molecule has 1 aromatic carbocycles. The van der Waals surface area contributed by atoms with Crippen molar-refractivity contribution in [3.05, 3.63) is 36.5 Å². The number of aromatic nitrogens is 2. The highest BCUT2D eigenvalue weighted by Crippen LogP contribution is 2.25. The summed E-state index contributed by atoms with van der Waals surface area (Å²) in [5, 5.41) is 10.3. The summed E-state index contributed by atoms with van der Waals surface area (Å²) in [6.07, 6.45) is 5.65. The molecule has 1 fully saturated rings. The number of amides is 2. The molecule has 3 rings (SSSR count). The van der Waals surface area contributed by atoms with Gasteiger partial charge in [0.05, 0.1) is 5.69 Å². The van der Waals surface area contributed by atoms with E-state index >= 15 is 0 Å². The van der Waals surface area contributed by atoms with Gasteiger partial charge in [-0.25, -0.2) is 4.79 Å². The third kappa shape index (κ3) is 4.60. The highest BCUT2D eigenvalue weighted by atomic mass is 16.2. The molecule has 2 amide bonds. The number of carbonyl (C=O) groups is 1. The zero-order valence-electron chi connectivity index (χ0n) is 15.0. The number of benzene rings is 1. The van der Waals surface area contributed by atoms with E-state index in [1.807, 2.05) is 43.6 Å². The number of hydrogen-bond donors (Lipinski definition) is 2. The average molecular weight is 341 g/mol. The van der Waals surface area contributed by atoms with E-state index in [4.69, 9.17) is 0 Å². The topological polar surface area (TPSA) is 62.2 Å². The second-order valence-electron chi connectivity index (χ2n) is 6.69. The van der Waals surface area contributed by atoms with Crippen molar-refractivity contribution in [1.82, 2.24) is 20.0 Å². The van der Waals surface area contributed by atoms with Gasteiger partial charge >= 0.3 is 6.03 Å². The summed E-state index contributed by atoms with van der Waals surface area (Å²) in [5.41, 5.74) is 2.49. The van der Waals surface area contributed by atoms with E-state index in [1.165, 1.54) is 19.3 Å². The summed E-state index contributed by atoms with van der Waals surface area (Å²) in [5.74, 6) is 0. The van der Waals surface area contributed by atoms with Crippen molar-refractivity contribution in [3.8, 4) is 11.3 Å². The molecule has 0 aliphatic carbocycles. The van der Waals surface area contributed by atoms with E-state index in [-0.39, 0.29) is 6.03 Å². The number of nitrogens with zero attached hydrogens (tertiary/aromatic N) is 3. The minimum absolute atomic E-state index is 0.185. The zero-order chi connectivity index (χ0) is 17.6. The van der Waals surface area contributed by atoms with Crippen molar-refractivity contribution < 1.29 is 4.79 Å². The molecule has 1 aliphatic heterocycles. The summed E-state index contributed by atoms with van der Waals surface area (Å²) >= 11 is 0. The number of carbonyl (C=O) groups excluding carboxylic acids is 1. The van der Waals surface area contributed by atoms with Crippen LogP contribution in [0.2, 0.25) is 0 Å². The van der Waals surface area contributed by atoms with Gasteiger partial charge < -0.3 is 10.6 Å². The normalized spacial score (nSPS) is 18.1. The lowest BCUT2D eigenvalue weighted by Crippen LogP contribution is -2.43. The largest absolute Gasteiger partial charge is 0.337 e. The van der Waals surface area contributed by atoms with Gasteiger partial charge in [-0.05, 0) is 26.3 Å². The molecule has 2 aromatic rings. The van der Waals surface area contributed by atoms with Crippen LogP contribution < -0.4 is 10.6 Å². The third-order valence-electron chi connectivity index (χ3n) is 4.75. The second kappa shape index (κ2) is 8.16. The van der Waals surface area contributed by atoms with Crippen molar-refractivity contribution in [2.75, 3.05) is 25.0 Å². The zero-order valence-corrected chi connectivity index (χ0v) is 15.0. The first kappa shape index (κ1) is 17.5. The molecule has 1 aliphatic rings. The molecule has 2 N–H and O–H groups in total. The quantitative estimate of drug-likeness (QED) is 0.878. The van der Waals surface area contributed by atoms with E-state index in [0.717, 1.165) is 30.0 Å². The van der Waals surface area contributed by atoms with Gasteiger partial charge in [0.15, 0.2) is 0 Å². The van der Waals surface area contributed by atoms with E-state index in [9.17, 15) is 4.79 Å². The SMILES string of the molecule is CC1CCCCN1CCNC(=O)Nc1cn(C)nc1-c1ccccc1. The molecule has 25 heavy (non-hydrogen) atoms. The predicted molar refractivity (Wildman–Crippen MR) is 101 cm³/mol. The Morgan fingerprint density at radius 3 is 2.84 bits per heavy atom. The molecular formula is C19H27N5O. The molecule has 0 bridgehead atoms. The summed E-state index contributed by atoms with van der Waals surface area (Å²) in [4.78, 5) is 14.7. The Morgan fingerprint density at radius 2 is 2.08 bits per heavy atom. The average Bonchev–Trinajstić information content (AvgIpc) is 2.97. The number of likely N-dealkylation sites (tertiary alicyclic amines) is 1. The van der Waals surface area contributed by atoms with E-state index in [0.29, 0.717) is 12.6 Å². The van der Waals surface area contributed by atoms with Crippen LogP contribution in [0.3, 0.4) is 0 Å². The number of piperidine rings is 1. The summed E-state index contributed by atoms with van der Waals surface area (Å²) in [6.45, 7) is 4.94. The number of urea groups is 1. The van der Waals surface area contributed by atoms with E-state index in [1.54, 1.807) is 4.68 Å². The summed E-state index contributed by atoms with van der Waals surface area (Å²) < 4.78 is 1.72. The van der Waals surface area contributed by atoms with Gasteiger partial charge in [-0.1, -0.05) is 36.8 Å². The second-order valence-corrected chi connectivity index (χ2v) is 6.69. The number of hydrogen-bond acceptors (Lipinski definition) is 3. The number of nitrogens with one attached hydrogen (secondary N) is 2. The molecule has 0 radical (unpaired) electrons. The first-order valence-corrected chi connectivity index (χ1v) is 9.01. The molecule has 2 heterocycles. The minimum atomic E-state index is -0.185. The van der Waals surface area contributed by atoms with Crippen LogP contribution in [0.1, 0.15) is 26.2 Å². The fourth-order valence-corrected chi connectivity index (χ4v) is 3.36. The standard InChI is InChI=1S/C19H27N5O/c1-15-8-6-7-12-24(15)13-11-20-19(25)21-17-14-23(2)22-18(17)16-9-4-3-5-10-16/h3-5,9-10,14-15H,6-8,11-13H2,1-2H3,(H2,20,21,25). The highest BCUT2D eigenvalue weighted by molar-refractivity contribution is 5.93. The Hall–Kier alpha value is -2.34. The van der Waals surface area contributed by atoms with Crippen molar-refractivity contribution in [1.29, 1.82) is 0 Å². The van der Waals surface area contributed by atoms with Crippen molar-refractivity contribution in [2.45, 2.75) is 32.2 Å². The van der Waals surface area contributed by atoms with Gasteiger partial charge in [0.2, 0.25) is 0 Å². The first-order valence-electron chi connectivity index (χ1n) is 9.01. The maximum absolute atomic E-state index is 12.3. The lowest BCUT2D eigenvalue weighted by Gasteiger charge is -2.33. The maximum atomic E-state index is 12.3. The summed E-state index contributed by atoms with van der Waals surface area (Å²) in [6, 6.07) is 10.3. The minimum Gasteiger partial charge on any atom is -0.337 e. The van der Waals surface area contributed by atoms with Gasteiger partial charge in [-0.2, -0.15) is 5.10 Å². The monoisotopic (exact) mass is 341 g/mol. The highest BCUT2D eigenvalue weighted by Gasteiger charge is 2.18. The Bertz CT molecular complexity index is 697. The predicted octanol–water partition coefficient (Wildman–Crippen LogP) is 3.08. The van der Waals surface area contributed by atoms with Crippen LogP contribution in [-0.2, 0) is 7.05 Å². The maximum Gasteiger partial charge on any atom is 0.319 e. The van der Waals surface area contributed by atoms with Crippen LogP contribution in [0.15, 0.2) is 36.5 Å². The van der Waals surface area contributed by atoms with Crippen molar-refractivity contribution in [3.63, 3.8) is 0 Å². The molecule has 134 valence electrons. The fourth-order valence-electron chi connectivity index (χ4n) is 3.36. The van der Waals surface area contributed by atoms with Gasteiger partial charge in [-0.15, -0.1) is 0 Å². The number of aryl methyl sites for hydroxylation is 1. The molecule has 6 heteroatoms. The fraction of sp³-hybridized carbons (Fsp3) is 0.474. The summed E-state index contributed by atoms with van der Waals surface area (Å²) in [7, 11) is 1.85. The lowest BCUT2D eigenvalue weighted by molar-refractivity contribution is 0.162. The molecule has 1 atom stereocenters. The molecule has 0 spiro atoms. The van der Waals surface area contributed by atoms with Gasteiger partial charge in [0, 0.05) is 37.9 Å². The van der Waals surface area contributed by atoms with Gasteiger partial charge in [0.1, 0.15) is 5.69 Å². The first-order chi connectivity index (χ1) is 12.1. The third-order valence-corrected chi connectivity index (χ3v) is 4.75.